The number of carboxylic acid groups (broad SMARTS) is 1. The number of nitrogens with two attached hydrogens (primary N) is 1. The number of rotatable bonds is 16. The molecule has 11 heteroatoms. The highest BCUT2D eigenvalue weighted by Gasteiger charge is 2.31. The third kappa shape index (κ3) is 8.72. The summed E-state index contributed by atoms with van der Waals surface area (Å²) >= 11 is 0. The van der Waals surface area contributed by atoms with Crippen LogP contribution in [0.3, 0.4) is 0 Å². The number of amides is 2. The van der Waals surface area contributed by atoms with Crippen LogP contribution in [0.2, 0.25) is 0 Å². The molecule has 0 aromatic heterocycles. The van der Waals surface area contributed by atoms with E-state index >= 15 is 0 Å². The normalized spacial score (nSPS) is 11.2. The Bertz CT molecular complexity index is 1680. The summed E-state index contributed by atoms with van der Waals surface area (Å²) in [6.07, 6.45) is -0.382. The minimum Gasteiger partial charge on any atom is -0.497 e. The molecule has 0 saturated heterocycles. The number of primary amides is 1. The van der Waals surface area contributed by atoms with Gasteiger partial charge < -0.3 is 39.4 Å². The van der Waals surface area contributed by atoms with E-state index in [0.717, 1.165) is 22.4 Å². The van der Waals surface area contributed by atoms with Crippen molar-refractivity contribution in [2.24, 2.45) is 5.73 Å². The van der Waals surface area contributed by atoms with Crippen LogP contribution in [0.4, 0.5) is 0 Å². The molecule has 3 N–H and O–H groups in total. The molecular weight excluding hydrogens is 604 g/mol. The summed E-state index contributed by atoms with van der Waals surface area (Å²) in [5.74, 6) is -0.0256. The molecule has 2 amide bonds. The van der Waals surface area contributed by atoms with E-state index < -0.39 is 23.8 Å². The monoisotopic (exact) mass is 642 g/mol. The van der Waals surface area contributed by atoms with Crippen molar-refractivity contribution in [3.63, 3.8) is 0 Å². The maximum absolute atomic E-state index is 14.0. The molecule has 0 fully saturated rings. The lowest BCUT2D eigenvalue weighted by Gasteiger charge is -2.29. The lowest BCUT2D eigenvalue weighted by molar-refractivity contribution is -0.143. The molecule has 4 rings (SSSR count). The molecule has 0 aliphatic heterocycles. The molecule has 4 aromatic rings. The largest absolute Gasteiger partial charge is 0.497 e. The van der Waals surface area contributed by atoms with Crippen molar-refractivity contribution < 1.29 is 43.2 Å². The zero-order valence-electron chi connectivity index (χ0n) is 26.7. The maximum Gasteiger partial charge on any atom is 0.326 e. The Morgan fingerprint density at radius 2 is 1.40 bits per heavy atom. The first-order chi connectivity index (χ1) is 22.7. The van der Waals surface area contributed by atoms with Crippen LogP contribution in [0.1, 0.15) is 34.3 Å². The van der Waals surface area contributed by atoms with Gasteiger partial charge in [0.15, 0.2) is 11.5 Å². The van der Waals surface area contributed by atoms with E-state index in [4.69, 9.17) is 29.4 Å². The van der Waals surface area contributed by atoms with Crippen molar-refractivity contribution in [3.05, 3.63) is 102 Å². The number of hydrogen-bond donors (Lipinski definition) is 2. The van der Waals surface area contributed by atoms with Gasteiger partial charge in [0.2, 0.25) is 11.7 Å². The van der Waals surface area contributed by atoms with Gasteiger partial charge in [0, 0.05) is 18.5 Å². The number of carbonyl (C=O) groups is 3. The van der Waals surface area contributed by atoms with E-state index in [1.54, 1.807) is 43.5 Å². The molecule has 4 aromatic carbocycles. The van der Waals surface area contributed by atoms with Gasteiger partial charge in [0.05, 0.1) is 28.4 Å². The van der Waals surface area contributed by atoms with Crippen molar-refractivity contribution >= 4 is 17.8 Å². The Labute approximate surface area is 273 Å². The highest BCUT2D eigenvalue weighted by atomic mass is 16.5. The average molecular weight is 643 g/mol. The predicted octanol–water partition coefficient (Wildman–Crippen LogP) is 5.33. The first-order valence-corrected chi connectivity index (χ1v) is 14.7. The lowest BCUT2D eigenvalue weighted by Crippen LogP contribution is -2.45. The van der Waals surface area contributed by atoms with Gasteiger partial charge in [-0.2, -0.15) is 0 Å². The van der Waals surface area contributed by atoms with Crippen molar-refractivity contribution in [1.82, 2.24) is 4.90 Å². The highest BCUT2D eigenvalue weighted by molar-refractivity contribution is 5.97. The summed E-state index contributed by atoms with van der Waals surface area (Å²) in [6, 6.07) is 24.0. The summed E-state index contributed by atoms with van der Waals surface area (Å²) in [5.41, 5.74) is 8.78. The molecule has 0 aliphatic rings. The molecule has 246 valence electrons. The second kappa shape index (κ2) is 16.0. The van der Waals surface area contributed by atoms with Crippen molar-refractivity contribution in [2.45, 2.75) is 32.0 Å². The Hall–Kier alpha value is -5.71. The van der Waals surface area contributed by atoms with Gasteiger partial charge in [-0.3, -0.25) is 9.59 Å². The molecule has 0 heterocycles. The van der Waals surface area contributed by atoms with Gasteiger partial charge in [0.1, 0.15) is 24.1 Å². The Morgan fingerprint density at radius 1 is 0.745 bits per heavy atom. The van der Waals surface area contributed by atoms with Crippen molar-refractivity contribution in [1.29, 1.82) is 0 Å². The average Bonchev–Trinajstić information content (AvgIpc) is 3.09. The number of methoxy groups -OCH3 is 4. The zero-order chi connectivity index (χ0) is 33.9. The van der Waals surface area contributed by atoms with E-state index in [1.807, 2.05) is 48.5 Å². The highest BCUT2D eigenvalue weighted by Crippen LogP contribution is 2.39. The maximum atomic E-state index is 14.0. The molecule has 0 saturated carbocycles. The number of benzene rings is 4. The molecule has 0 radical (unpaired) electrons. The van der Waals surface area contributed by atoms with Gasteiger partial charge in [-0.15, -0.1) is 0 Å². The van der Waals surface area contributed by atoms with Crippen LogP contribution >= 0.6 is 0 Å². The molecule has 11 nitrogen and oxygen atoms in total. The van der Waals surface area contributed by atoms with Crippen LogP contribution in [0.25, 0.3) is 11.1 Å². The topological polar surface area (TPSA) is 147 Å². The van der Waals surface area contributed by atoms with E-state index in [9.17, 15) is 19.5 Å². The fourth-order valence-electron chi connectivity index (χ4n) is 5.10. The summed E-state index contributed by atoms with van der Waals surface area (Å²) in [6.45, 7) is 0.232. The Balaban J connectivity index is 1.60. The molecular formula is C36H38N2O9. The second-order valence-corrected chi connectivity index (χ2v) is 10.6. The van der Waals surface area contributed by atoms with Crippen LogP contribution in [0, 0.1) is 0 Å². The quantitative estimate of drug-likeness (QED) is 0.166. The van der Waals surface area contributed by atoms with Crippen LogP contribution in [-0.4, -0.2) is 62.3 Å². The minimum absolute atomic E-state index is 0.125. The number of nitrogens with zero attached hydrogens (tertiary/aromatic N) is 1. The van der Waals surface area contributed by atoms with Gasteiger partial charge in [0.25, 0.3) is 5.91 Å². The van der Waals surface area contributed by atoms with Crippen molar-refractivity contribution in [3.8, 4) is 39.9 Å². The Morgan fingerprint density at radius 3 is 2.00 bits per heavy atom. The molecule has 47 heavy (non-hydrogen) atoms. The molecule has 0 spiro atoms. The van der Waals surface area contributed by atoms with Gasteiger partial charge in [-0.25, -0.2) is 4.79 Å². The van der Waals surface area contributed by atoms with Gasteiger partial charge in [-0.05, 0) is 77.2 Å². The van der Waals surface area contributed by atoms with Crippen LogP contribution < -0.4 is 29.4 Å². The third-order valence-corrected chi connectivity index (χ3v) is 7.50. The number of carbonyl (C=O) groups excluding carboxylic acids is 2. The minimum atomic E-state index is -1.34. The number of ether oxygens (including phenoxy) is 5. The lowest BCUT2D eigenvalue weighted by atomic mass is 10.0. The second-order valence-electron chi connectivity index (χ2n) is 10.6. The predicted molar refractivity (Wildman–Crippen MR) is 175 cm³/mol. The van der Waals surface area contributed by atoms with Crippen molar-refractivity contribution in [2.75, 3.05) is 28.4 Å². The van der Waals surface area contributed by atoms with Crippen LogP contribution in [-0.2, 0) is 22.7 Å². The summed E-state index contributed by atoms with van der Waals surface area (Å²) in [7, 11) is 6.00. The van der Waals surface area contributed by atoms with Gasteiger partial charge >= 0.3 is 5.97 Å². The SMILES string of the molecule is COc1cccc(COc2cccc(-c3ccc(C(=O)N(Cc4cc(OC)c(OC)c(OC)c4)[C@@H](CCC(N)=O)C(=O)O)cc3)c2)c1. The molecule has 0 unspecified atom stereocenters. The Kier molecular flexibility index (Phi) is 11.7. The number of carboxylic acids is 1. The first-order valence-electron chi connectivity index (χ1n) is 14.7. The van der Waals surface area contributed by atoms with Crippen LogP contribution in [0.5, 0.6) is 28.7 Å². The molecule has 1 atom stereocenters. The fraction of sp³-hybridized carbons (Fsp3) is 0.250. The van der Waals surface area contributed by atoms with Crippen LogP contribution in [0.15, 0.2) is 84.9 Å². The summed E-state index contributed by atoms with van der Waals surface area (Å²) in [5, 5.41) is 10.1. The van der Waals surface area contributed by atoms with Gasteiger partial charge in [-0.1, -0.05) is 36.4 Å². The summed E-state index contributed by atoms with van der Waals surface area (Å²) in [4.78, 5) is 39.2. The van der Waals surface area contributed by atoms with E-state index in [1.165, 1.54) is 26.2 Å². The molecule has 0 aliphatic carbocycles. The number of aliphatic carboxylic acids is 1. The van der Waals surface area contributed by atoms with E-state index in [0.29, 0.717) is 35.2 Å². The first kappa shape index (κ1) is 34.2. The van der Waals surface area contributed by atoms with E-state index in [-0.39, 0.29) is 24.9 Å². The fourth-order valence-corrected chi connectivity index (χ4v) is 5.10. The number of hydrogen-bond acceptors (Lipinski definition) is 8. The van der Waals surface area contributed by atoms with E-state index in [2.05, 4.69) is 0 Å². The zero-order valence-corrected chi connectivity index (χ0v) is 26.7. The third-order valence-electron chi connectivity index (χ3n) is 7.50. The standard InChI is InChI=1S/C36H38N2O9/c1-43-28-9-5-7-23(17-28)22-47-29-10-6-8-27(20-29)25-11-13-26(14-12-25)35(40)38(30(36(41)42)15-16-33(37)39)21-24-18-31(44-2)34(46-4)32(19-24)45-3/h5-14,17-20,30H,15-16,21-22H2,1-4H3,(H2,37,39)(H,41,42)/t30-/m0/s1. The molecule has 0 bridgehead atoms. The smallest absolute Gasteiger partial charge is 0.326 e. The summed E-state index contributed by atoms with van der Waals surface area (Å²) < 4.78 is 27.6.